The number of fused-ring (bicyclic) bond motifs is 2. The van der Waals surface area contributed by atoms with Gasteiger partial charge in [0.2, 0.25) is 0 Å². The van der Waals surface area contributed by atoms with Crippen LogP contribution in [0.3, 0.4) is 0 Å². The van der Waals surface area contributed by atoms with Gasteiger partial charge < -0.3 is 9.13 Å². The van der Waals surface area contributed by atoms with Crippen molar-refractivity contribution in [3.8, 4) is 0 Å². The highest BCUT2D eigenvalue weighted by atomic mass is 16.2. The Balaban J connectivity index is 1.63. The van der Waals surface area contributed by atoms with Crippen molar-refractivity contribution in [1.29, 1.82) is 0 Å². The number of aromatic nitrogens is 2. The van der Waals surface area contributed by atoms with Crippen molar-refractivity contribution in [2.24, 2.45) is 7.05 Å². The average molecular weight is 439 g/mol. The summed E-state index contributed by atoms with van der Waals surface area (Å²) in [5.74, 6) is -0.666. The first-order valence-corrected chi connectivity index (χ1v) is 11.5. The molecule has 2 aromatic carbocycles. The summed E-state index contributed by atoms with van der Waals surface area (Å²) in [6.07, 6.45) is 7.71. The quantitative estimate of drug-likeness (QED) is 0.485. The van der Waals surface area contributed by atoms with Crippen molar-refractivity contribution in [3.63, 3.8) is 0 Å². The van der Waals surface area contributed by atoms with Gasteiger partial charge in [-0.1, -0.05) is 36.4 Å². The number of carbonyl (C=O) groups excluding carboxylic acids is 2. The van der Waals surface area contributed by atoms with E-state index in [-0.39, 0.29) is 18.0 Å². The Morgan fingerprint density at radius 3 is 2.09 bits per heavy atom. The van der Waals surface area contributed by atoms with E-state index < -0.39 is 0 Å². The summed E-state index contributed by atoms with van der Waals surface area (Å²) in [5.41, 5.74) is 4.64. The molecular weight excluding hydrogens is 412 g/mol. The second-order valence-corrected chi connectivity index (χ2v) is 9.13. The smallest absolute Gasteiger partial charge is 0.259 e. The zero-order valence-corrected chi connectivity index (χ0v) is 18.8. The highest BCUT2D eigenvalue weighted by Crippen LogP contribution is 2.40. The molecule has 1 N–H and O–H groups in total. The molecule has 33 heavy (non-hydrogen) atoms. The van der Waals surface area contributed by atoms with Gasteiger partial charge in [-0.3, -0.25) is 19.8 Å². The fourth-order valence-corrected chi connectivity index (χ4v) is 5.57. The molecular formula is C27H26N4O2. The largest absolute Gasteiger partial charge is 0.350 e. The van der Waals surface area contributed by atoms with Gasteiger partial charge in [-0.15, -0.1) is 0 Å². The van der Waals surface area contributed by atoms with Crippen LogP contribution in [0.2, 0.25) is 0 Å². The Hall–Kier alpha value is -3.64. The predicted molar refractivity (Wildman–Crippen MR) is 130 cm³/mol. The minimum absolute atomic E-state index is 0.235. The van der Waals surface area contributed by atoms with E-state index in [1.165, 1.54) is 12.8 Å². The summed E-state index contributed by atoms with van der Waals surface area (Å²) < 4.78 is 4.29. The number of likely N-dealkylation sites (tertiary alicyclic amines) is 1. The molecule has 4 heterocycles. The minimum atomic E-state index is -0.335. The number of piperidine rings is 1. The minimum Gasteiger partial charge on any atom is -0.350 e. The number of hydrogen-bond donors (Lipinski definition) is 1. The van der Waals surface area contributed by atoms with Crippen LogP contribution in [0.15, 0.2) is 60.9 Å². The van der Waals surface area contributed by atoms with Crippen LogP contribution in [-0.4, -0.2) is 39.4 Å². The van der Waals surface area contributed by atoms with E-state index in [2.05, 4.69) is 34.1 Å². The van der Waals surface area contributed by atoms with E-state index >= 15 is 0 Å². The molecule has 1 atom stereocenters. The average Bonchev–Trinajstić information content (AvgIpc) is 3.45. The van der Waals surface area contributed by atoms with E-state index in [1.807, 2.05) is 60.3 Å². The van der Waals surface area contributed by atoms with E-state index in [1.54, 1.807) is 0 Å². The number of nitrogens with one attached hydrogen (secondary N) is 1. The molecule has 6 rings (SSSR count). The molecule has 1 unspecified atom stereocenters. The normalized spacial score (nSPS) is 19.8. The second kappa shape index (κ2) is 7.46. The van der Waals surface area contributed by atoms with Gasteiger partial charge in [-0.05, 0) is 45.0 Å². The van der Waals surface area contributed by atoms with Gasteiger partial charge >= 0.3 is 0 Å². The van der Waals surface area contributed by atoms with E-state index in [4.69, 9.17) is 0 Å². The molecule has 0 bridgehead atoms. The van der Waals surface area contributed by atoms with Crippen molar-refractivity contribution in [1.82, 2.24) is 19.4 Å². The molecule has 2 aliphatic heterocycles. The van der Waals surface area contributed by atoms with E-state index in [0.29, 0.717) is 11.1 Å². The molecule has 166 valence electrons. The van der Waals surface area contributed by atoms with Gasteiger partial charge in [-0.25, -0.2) is 0 Å². The number of carbonyl (C=O) groups is 2. The molecule has 2 amide bonds. The first-order valence-electron chi connectivity index (χ1n) is 11.5. The molecule has 0 aliphatic carbocycles. The van der Waals surface area contributed by atoms with E-state index in [9.17, 15) is 9.59 Å². The van der Waals surface area contributed by atoms with Crippen molar-refractivity contribution >= 4 is 44.8 Å². The van der Waals surface area contributed by atoms with Gasteiger partial charge in [0.25, 0.3) is 11.8 Å². The first-order chi connectivity index (χ1) is 16.0. The maximum atomic E-state index is 13.2. The number of imide groups is 1. The molecule has 0 spiro atoms. The Morgan fingerprint density at radius 1 is 0.788 bits per heavy atom. The lowest BCUT2D eigenvalue weighted by atomic mass is 9.95. The third-order valence-corrected chi connectivity index (χ3v) is 7.16. The molecule has 2 aromatic heterocycles. The van der Waals surface area contributed by atoms with Gasteiger partial charge in [0.1, 0.15) is 0 Å². The monoisotopic (exact) mass is 438 g/mol. The Morgan fingerprint density at radius 2 is 1.39 bits per heavy atom. The Labute approximate surface area is 192 Å². The first kappa shape index (κ1) is 20.0. The standard InChI is InChI=1S/C27H26N4O2/c1-29-14-8-7-13-23(29)31-16-20(18-10-4-6-12-22(18)31)25-24(26(32)28-27(25)33)19-15-30(2)21-11-5-3-9-17(19)21/h3-6,9-12,15-16,23H,7-8,13-14H2,1-2H3,(H,28,32,33). The number of rotatable bonds is 3. The summed E-state index contributed by atoms with van der Waals surface area (Å²) >= 11 is 0. The van der Waals surface area contributed by atoms with Crippen LogP contribution in [-0.2, 0) is 16.6 Å². The van der Waals surface area contributed by atoms with Crippen molar-refractivity contribution in [2.45, 2.75) is 25.4 Å². The van der Waals surface area contributed by atoms with Crippen LogP contribution in [0, 0.1) is 0 Å². The van der Waals surface area contributed by atoms with Crippen LogP contribution >= 0.6 is 0 Å². The molecule has 0 saturated carbocycles. The van der Waals surface area contributed by atoms with Gasteiger partial charge in [0, 0.05) is 52.4 Å². The summed E-state index contributed by atoms with van der Waals surface area (Å²) in [7, 11) is 4.12. The molecule has 4 aromatic rings. The number of aryl methyl sites for hydroxylation is 1. The molecule has 2 aliphatic rings. The second-order valence-electron chi connectivity index (χ2n) is 9.13. The Bertz CT molecular complexity index is 1470. The molecule has 6 heteroatoms. The summed E-state index contributed by atoms with van der Waals surface area (Å²) in [4.78, 5) is 28.7. The topological polar surface area (TPSA) is 59.3 Å². The van der Waals surface area contributed by atoms with Crippen LogP contribution in [0.25, 0.3) is 33.0 Å². The number of amides is 2. The summed E-state index contributed by atoms with van der Waals surface area (Å²) in [5, 5.41) is 4.53. The van der Waals surface area contributed by atoms with Crippen molar-refractivity contribution in [3.05, 3.63) is 72.1 Å². The lowest BCUT2D eigenvalue weighted by Crippen LogP contribution is -2.33. The van der Waals surface area contributed by atoms with Gasteiger partial charge in [-0.2, -0.15) is 0 Å². The summed E-state index contributed by atoms with van der Waals surface area (Å²) in [6, 6.07) is 16.2. The maximum Gasteiger partial charge on any atom is 0.259 e. The van der Waals surface area contributed by atoms with Crippen molar-refractivity contribution in [2.75, 3.05) is 13.6 Å². The lowest BCUT2D eigenvalue weighted by Gasteiger charge is -2.34. The SMILES string of the molecule is CN1CCCCC1n1cc(C2=C(c3cn(C)c4ccccc34)C(=O)NC2=O)c2ccccc21. The van der Waals surface area contributed by atoms with Gasteiger partial charge in [0.15, 0.2) is 0 Å². The zero-order chi connectivity index (χ0) is 22.7. The third kappa shape index (κ3) is 2.98. The number of hydrogen-bond acceptors (Lipinski definition) is 3. The molecule has 1 fully saturated rings. The maximum absolute atomic E-state index is 13.2. The van der Waals surface area contributed by atoms with Gasteiger partial charge in [0.05, 0.1) is 17.3 Å². The highest BCUT2D eigenvalue weighted by molar-refractivity contribution is 6.50. The fourth-order valence-electron chi connectivity index (χ4n) is 5.57. The van der Waals surface area contributed by atoms with Crippen LogP contribution in [0.1, 0.15) is 36.6 Å². The predicted octanol–water partition coefficient (Wildman–Crippen LogP) is 4.31. The number of para-hydroxylation sites is 2. The number of nitrogens with zero attached hydrogens (tertiary/aromatic N) is 3. The molecule has 1 saturated heterocycles. The van der Waals surface area contributed by atoms with E-state index in [0.717, 1.165) is 45.9 Å². The fraction of sp³-hybridized carbons (Fsp3) is 0.259. The molecule has 0 radical (unpaired) electrons. The Kier molecular flexibility index (Phi) is 4.52. The summed E-state index contributed by atoms with van der Waals surface area (Å²) in [6.45, 7) is 1.05. The third-order valence-electron chi connectivity index (χ3n) is 7.16. The molecule has 6 nitrogen and oxygen atoms in total. The van der Waals surface area contributed by atoms with Crippen LogP contribution in [0.5, 0.6) is 0 Å². The lowest BCUT2D eigenvalue weighted by molar-refractivity contribution is -0.122. The highest BCUT2D eigenvalue weighted by Gasteiger charge is 2.36. The zero-order valence-electron chi connectivity index (χ0n) is 18.8. The van der Waals surface area contributed by atoms with Crippen molar-refractivity contribution < 1.29 is 9.59 Å². The van der Waals surface area contributed by atoms with Crippen LogP contribution in [0.4, 0.5) is 0 Å². The van der Waals surface area contributed by atoms with Crippen LogP contribution < -0.4 is 5.32 Å². The number of benzene rings is 2.